The number of rotatable bonds is 8. The minimum Gasteiger partial charge on any atom is -0.382 e. The lowest BCUT2D eigenvalue weighted by Crippen LogP contribution is -2.34. The molecule has 2 N–H and O–H groups in total. The van der Waals surface area contributed by atoms with Crippen LogP contribution in [0.3, 0.4) is 0 Å². The third-order valence-electron chi connectivity index (χ3n) is 10.4. The van der Waals surface area contributed by atoms with Crippen molar-refractivity contribution < 1.29 is 25.8 Å². The highest BCUT2D eigenvalue weighted by atomic mass is 79.9. The molecular weight excluding hydrogens is 789 g/mol. The first-order valence-corrected chi connectivity index (χ1v) is 21.0. The summed E-state index contributed by atoms with van der Waals surface area (Å²) < 4.78 is 71.7. The average molecular weight is 828 g/mol. The van der Waals surface area contributed by atoms with E-state index in [1.54, 1.807) is 30.4 Å². The normalized spacial score (nSPS) is 17.7. The second-order valence-electron chi connectivity index (χ2n) is 13.9. The van der Waals surface area contributed by atoms with Crippen molar-refractivity contribution >= 4 is 43.1 Å². The van der Waals surface area contributed by atoms with E-state index in [9.17, 15) is 21.6 Å². The first-order chi connectivity index (χ1) is 25.3. The zero-order valence-corrected chi connectivity index (χ0v) is 32.4. The molecule has 2 aliphatic heterocycles. The number of alkyl halides is 3. The van der Waals surface area contributed by atoms with E-state index >= 15 is 0 Å². The first-order valence-electron chi connectivity index (χ1n) is 17.5. The lowest BCUT2D eigenvalue weighted by atomic mass is 9.93. The summed E-state index contributed by atoms with van der Waals surface area (Å²) in [5, 5.41) is 14.1. The van der Waals surface area contributed by atoms with E-state index < -0.39 is 22.0 Å². The largest absolute Gasteiger partial charge is 0.435 e. The Morgan fingerprint density at radius 3 is 2.49 bits per heavy atom. The van der Waals surface area contributed by atoms with E-state index in [1.807, 2.05) is 0 Å². The molecule has 0 radical (unpaired) electrons. The van der Waals surface area contributed by atoms with Crippen LogP contribution in [-0.2, 0) is 48.8 Å². The van der Waals surface area contributed by atoms with Crippen LogP contribution in [0.4, 0.5) is 18.9 Å². The summed E-state index contributed by atoms with van der Waals surface area (Å²) in [7, 11) is -3.69. The van der Waals surface area contributed by atoms with Gasteiger partial charge < -0.3 is 9.08 Å². The molecule has 0 spiro atoms. The highest BCUT2D eigenvalue weighted by Gasteiger charge is 2.35. The number of aromatic nitrogens is 3. The number of anilines is 1. The van der Waals surface area contributed by atoms with Gasteiger partial charge in [-0.1, -0.05) is 52.3 Å². The van der Waals surface area contributed by atoms with E-state index in [1.165, 1.54) is 32.6 Å². The summed E-state index contributed by atoms with van der Waals surface area (Å²) in [6.45, 7) is 4.60. The number of hydrogen-bond donors (Lipinski definition) is 2. The molecule has 8 rings (SSSR count). The zero-order chi connectivity index (χ0) is 37.1. The van der Waals surface area contributed by atoms with Gasteiger partial charge in [-0.25, -0.2) is 4.98 Å². The average Bonchev–Trinajstić information content (AvgIpc) is 3.81. The Bertz CT molecular complexity index is 2300. The van der Waals surface area contributed by atoms with E-state index in [0.717, 1.165) is 76.5 Å². The van der Waals surface area contributed by atoms with Gasteiger partial charge >= 0.3 is 16.3 Å². The number of fused-ring (bicyclic) bond motifs is 4. The highest BCUT2D eigenvalue weighted by Crippen LogP contribution is 2.45. The van der Waals surface area contributed by atoms with Gasteiger partial charge in [0, 0.05) is 71.9 Å². The highest BCUT2D eigenvalue weighted by molar-refractivity contribution is 9.10. The Hall–Kier alpha value is -3.76. The molecule has 5 aromatic rings. The SMILES string of the molecule is Cc1cc(C(F)(F)F)nn1CCc1ccc2c(c1N1CCC(c3nc(C4NCc5c(Br)ccc(OS(C)(=O)=O)c5CN4)cs3)CC1)Cc1ccccc1-2. The van der Waals surface area contributed by atoms with Gasteiger partial charge in [0.2, 0.25) is 0 Å². The molecule has 278 valence electrons. The topological polar surface area (TPSA) is 101 Å². The van der Waals surface area contributed by atoms with Crippen LogP contribution in [0.25, 0.3) is 11.1 Å². The van der Waals surface area contributed by atoms with Crippen molar-refractivity contribution in [3.8, 4) is 16.9 Å². The minimum atomic E-state index is -4.48. The van der Waals surface area contributed by atoms with Gasteiger partial charge in [-0.15, -0.1) is 11.3 Å². The molecule has 9 nitrogen and oxygen atoms in total. The maximum atomic E-state index is 13.4. The summed E-state index contributed by atoms with van der Waals surface area (Å²) in [6.07, 6.45) is -0.423. The van der Waals surface area contributed by atoms with Crippen molar-refractivity contribution in [3.05, 3.63) is 114 Å². The molecule has 1 atom stereocenters. The maximum absolute atomic E-state index is 13.4. The Balaban J connectivity index is 0.987. The van der Waals surface area contributed by atoms with Crippen LogP contribution < -0.4 is 19.7 Å². The molecule has 0 bridgehead atoms. The molecule has 15 heteroatoms. The van der Waals surface area contributed by atoms with Crippen molar-refractivity contribution in [1.82, 2.24) is 25.4 Å². The number of piperidine rings is 1. The van der Waals surface area contributed by atoms with Gasteiger partial charge in [0.1, 0.15) is 11.9 Å². The van der Waals surface area contributed by atoms with Crippen LogP contribution in [0, 0.1) is 6.92 Å². The molecule has 4 heterocycles. The molecule has 1 aliphatic carbocycles. The number of halogens is 4. The summed E-state index contributed by atoms with van der Waals surface area (Å²) in [6, 6.07) is 17.4. The van der Waals surface area contributed by atoms with Gasteiger partial charge in [0.25, 0.3) is 0 Å². The lowest BCUT2D eigenvalue weighted by Gasteiger charge is -2.36. The quantitative estimate of drug-likeness (QED) is 0.150. The molecule has 0 saturated carbocycles. The van der Waals surface area contributed by atoms with E-state index in [4.69, 9.17) is 9.17 Å². The van der Waals surface area contributed by atoms with Gasteiger partial charge in [0.15, 0.2) is 5.69 Å². The molecular formula is C38H38BrF3N6O3S2. The van der Waals surface area contributed by atoms with Crippen molar-refractivity contribution in [3.63, 3.8) is 0 Å². The summed E-state index contributed by atoms with van der Waals surface area (Å²) in [5.74, 6) is 0.608. The van der Waals surface area contributed by atoms with Crippen molar-refractivity contribution in [2.45, 2.75) is 70.5 Å². The fraction of sp³-hybridized carbons (Fsp3) is 0.368. The first kappa shape index (κ1) is 36.2. The number of hydrogen-bond acceptors (Lipinski definition) is 9. The Kier molecular flexibility index (Phi) is 9.67. The van der Waals surface area contributed by atoms with Crippen LogP contribution in [0.5, 0.6) is 5.75 Å². The van der Waals surface area contributed by atoms with Crippen LogP contribution in [-0.4, -0.2) is 42.5 Å². The van der Waals surface area contributed by atoms with E-state index in [0.29, 0.717) is 43.4 Å². The third-order valence-corrected chi connectivity index (χ3v) is 12.7. The van der Waals surface area contributed by atoms with Crippen molar-refractivity contribution in [2.24, 2.45) is 0 Å². The number of thiazole rings is 1. The Morgan fingerprint density at radius 1 is 1.00 bits per heavy atom. The predicted octanol–water partition coefficient (Wildman–Crippen LogP) is 7.86. The fourth-order valence-electron chi connectivity index (χ4n) is 7.87. The number of nitrogens with one attached hydrogen (secondary N) is 2. The van der Waals surface area contributed by atoms with Crippen LogP contribution in [0.1, 0.15) is 74.8 Å². The van der Waals surface area contributed by atoms with Crippen LogP contribution in [0.2, 0.25) is 0 Å². The smallest absolute Gasteiger partial charge is 0.382 e. The molecule has 3 aromatic carbocycles. The standard InChI is InChI=1S/C38H38BrF3N6O3S2/c1-22-17-34(38(40,41)42)46-48(22)16-13-23-7-8-27-26-6-4-3-5-25(26)18-28(27)35(23)47-14-11-24(12-15-47)37-45-32(21-52-37)36-43-19-29-30(20-44-36)33(10-9-31(29)39)51-53(2,49)50/h3-10,17,21,24,36,43-44H,11-16,18-20H2,1-2H3. The molecule has 1 fully saturated rings. The van der Waals surface area contributed by atoms with E-state index in [2.05, 4.69) is 78.3 Å². The molecule has 2 aromatic heterocycles. The van der Waals surface area contributed by atoms with Crippen LogP contribution >= 0.6 is 27.3 Å². The molecule has 3 aliphatic rings. The summed E-state index contributed by atoms with van der Waals surface area (Å²) >= 11 is 5.28. The second kappa shape index (κ2) is 14.1. The Morgan fingerprint density at radius 2 is 1.75 bits per heavy atom. The zero-order valence-electron chi connectivity index (χ0n) is 29.1. The molecule has 0 amide bonds. The molecule has 53 heavy (non-hydrogen) atoms. The lowest BCUT2D eigenvalue weighted by molar-refractivity contribution is -0.141. The van der Waals surface area contributed by atoms with Gasteiger partial charge in [-0.2, -0.15) is 26.7 Å². The monoisotopic (exact) mass is 826 g/mol. The predicted molar refractivity (Wildman–Crippen MR) is 203 cm³/mol. The van der Waals surface area contributed by atoms with Gasteiger partial charge in [-0.05, 0) is 77.8 Å². The number of nitrogens with zero attached hydrogens (tertiary/aromatic N) is 4. The maximum Gasteiger partial charge on any atom is 0.435 e. The fourth-order valence-corrected chi connectivity index (χ4v) is 9.88. The third kappa shape index (κ3) is 7.38. The number of aryl methyl sites for hydroxylation is 3. The van der Waals surface area contributed by atoms with Gasteiger partial charge in [0.05, 0.1) is 17.0 Å². The van der Waals surface area contributed by atoms with Gasteiger partial charge in [-0.3, -0.25) is 15.3 Å². The second-order valence-corrected chi connectivity index (χ2v) is 17.3. The molecule has 1 saturated heterocycles. The summed E-state index contributed by atoms with van der Waals surface area (Å²) in [5.41, 5.74) is 9.62. The Labute approximate surface area is 318 Å². The van der Waals surface area contributed by atoms with E-state index in [-0.39, 0.29) is 6.17 Å². The van der Waals surface area contributed by atoms with Crippen molar-refractivity contribution in [1.29, 1.82) is 0 Å². The minimum absolute atomic E-state index is 0.229. The number of benzene rings is 3. The summed E-state index contributed by atoms with van der Waals surface area (Å²) in [4.78, 5) is 7.58. The van der Waals surface area contributed by atoms with Crippen molar-refractivity contribution in [2.75, 3.05) is 24.2 Å². The molecule has 1 unspecified atom stereocenters. The van der Waals surface area contributed by atoms with Crippen LogP contribution in [0.15, 0.2) is 64.5 Å².